The predicted octanol–water partition coefficient (Wildman–Crippen LogP) is 14.7. The van der Waals surface area contributed by atoms with E-state index in [9.17, 15) is 0 Å². The first-order chi connectivity index (χ1) is 30.6. The zero-order valence-electron chi connectivity index (χ0n) is 34.0. The molecule has 10 aromatic carbocycles. The van der Waals surface area contributed by atoms with Gasteiger partial charge in [-0.3, -0.25) is 0 Å². The van der Waals surface area contributed by atoms with Crippen molar-refractivity contribution in [3.63, 3.8) is 0 Å². The summed E-state index contributed by atoms with van der Waals surface area (Å²) in [6.07, 6.45) is 5.71. The number of fused-ring (bicyclic) bond motifs is 9. The fourth-order valence-electron chi connectivity index (χ4n) is 9.04. The second-order valence-electron chi connectivity index (χ2n) is 15.5. The topological polar surface area (TPSA) is 18.5 Å². The molecular weight excluding hydrogens is 791 g/mol. The quantitative estimate of drug-likeness (QED) is 0.135. The van der Waals surface area contributed by atoms with E-state index in [4.69, 9.17) is 9.05 Å². The third-order valence-electron chi connectivity index (χ3n) is 12.0. The van der Waals surface area contributed by atoms with E-state index < -0.39 is 16.3 Å². The molecule has 0 spiro atoms. The normalized spacial score (nSPS) is 13.1. The monoisotopic (exact) mass is 830 g/mol. The Kier molecular flexibility index (Phi) is 9.62. The van der Waals surface area contributed by atoms with E-state index in [2.05, 4.69) is 208 Å². The summed E-state index contributed by atoms with van der Waals surface area (Å²) < 4.78 is 14.7. The lowest BCUT2D eigenvalue weighted by Gasteiger charge is -2.31. The van der Waals surface area contributed by atoms with Gasteiger partial charge in [0.15, 0.2) is 0 Å². The summed E-state index contributed by atoms with van der Waals surface area (Å²) in [4.78, 5) is 0. The van der Waals surface area contributed by atoms with Crippen molar-refractivity contribution in [2.45, 2.75) is 0 Å². The van der Waals surface area contributed by atoms with E-state index in [-0.39, 0.29) is 0 Å². The maximum atomic E-state index is 7.53. The molecule has 1 aliphatic heterocycles. The van der Waals surface area contributed by atoms with E-state index in [0.29, 0.717) is 0 Å². The minimum absolute atomic E-state index is 0.775. The highest BCUT2D eigenvalue weighted by Crippen LogP contribution is 2.56. The van der Waals surface area contributed by atoms with Crippen LogP contribution in [0.1, 0.15) is 16.7 Å². The van der Waals surface area contributed by atoms with E-state index >= 15 is 0 Å². The van der Waals surface area contributed by atoms with Crippen LogP contribution in [0.2, 0.25) is 0 Å². The van der Waals surface area contributed by atoms with Crippen LogP contribution >= 0.6 is 16.3 Å². The van der Waals surface area contributed by atoms with Gasteiger partial charge in [0.1, 0.15) is 11.5 Å². The lowest BCUT2D eigenvalue weighted by atomic mass is 9.91. The molecule has 1 heterocycles. The average molecular weight is 831 g/mol. The third-order valence-corrected chi connectivity index (χ3v) is 16.0. The van der Waals surface area contributed by atoms with E-state index in [1.807, 2.05) is 18.2 Å². The Morgan fingerprint density at radius 2 is 0.919 bits per heavy atom. The van der Waals surface area contributed by atoms with Crippen LogP contribution in [0.5, 0.6) is 11.5 Å². The molecule has 0 saturated carbocycles. The Morgan fingerprint density at radius 3 is 1.53 bits per heavy atom. The highest BCUT2D eigenvalue weighted by molar-refractivity contribution is 7.80. The van der Waals surface area contributed by atoms with Gasteiger partial charge < -0.3 is 9.05 Å². The summed E-state index contributed by atoms with van der Waals surface area (Å²) in [6, 6.07) is 68.0. The van der Waals surface area contributed by atoms with Crippen LogP contribution in [0.3, 0.4) is 0 Å². The Balaban J connectivity index is 1.18. The van der Waals surface area contributed by atoms with Crippen LogP contribution in [-0.4, -0.2) is 0 Å². The molecule has 0 aromatic heterocycles. The molecule has 294 valence electrons. The highest BCUT2D eigenvalue weighted by atomic mass is 31.2. The van der Waals surface area contributed by atoms with Gasteiger partial charge in [0.2, 0.25) is 0 Å². The molecule has 1 atom stereocenters. The maximum absolute atomic E-state index is 7.53. The molecule has 11 rings (SSSR count). The number of hydrogen-bond donors (Lipinski definition) is 0. The van der Waals surface area contributed by atoms with Crippen molar-refractivity contribution in [1.29, 1.82) is 0 Å². The third kappa shape index (κ3) is 6.43. The van der Waals surface area contributed by atoms with Gasteiger partial charge in [0.25, 0.3) is 0 Å². The Labute approximate surface area is 364 Å². The molecular formula is C58H40O2P2. The van der Waals surface area contributed by atoms with Crippen LogP contribution < -0.4 is 30.3 Å². The lowest BCUT2D eigenvalue weighted by Crippen LogP contribution is -2.22. The van der Waals surface area contributed by atoms with Gasteiger partial charge in [-0.15, -0.1) is 0 Å². The molecule has 62 heavy (non-hydrogen) atoms. The number of benzene rings is 10. The first kappa shape index (κ1) is 37.9. The summed E-state index contributed by atoms with van der Waals surface area (Å²) in [6.45, 7) is 12.2. The van der Waals surface area contributed by atoms with Crippen LogP contribution in [0.25, 0.3) is 83.6 Å². The first-order valence-electron chi connectivity index (χ1n) is 20.8. The van der Waals surface area contributed by atoms with Crippen molar-refractivity contribution in [2.75, 3.05) is 0 Å². The average Bonchev–Trinajstić information content (AvgIpc) is 3.33. The molecule has 0 amide bonds. The summed E-state index contributed by atoms with van der Waals surface area (Å²) in [5, 5.41) is 14.0. The van der Waals surface area contributed by atoms with Crippen molar-refractivity contribution < 1.29 is 9.05 Å². The predicted molar refractivity (Wildman–Crippen MR) is 271 cm³/mol. The molecule has 0 saturated heterocycles. The van der Waals surface area contributed by atoms with Crippen molar-refractivity contribution in [2.24, 2.45) is 0 Å². The van der Waals surface area contributed by atoms with Gasteiger partial charge in [-0.05, 0) is 120 Å². The summed E-state index contributed by atoms with van der Waals surface area (Å²) >= 11 is 0. The fourth-order valence-corrected chi connectivity index (χ4v) is 13.0. The molecule has 0 radical (unpaired) electrons. The van der Waals surface area contributed by atoms with Crippen molar-refractivity contribution in [3.05, 3.63) is 224 Å². The van der Waals surface area contributed by atoms with Crippen LogP contribution in [-0.2, 0) is 0 Å². The van der Waals surface area contributed by atoms with Gasteiger partial charge >= 0.3 is 8.38 Å². The standard InChI is InChI=1S/C58H40O2P2/c1-4-38-21-28-48-42(35-38)24-31-51(55(48)57-47-20-14-13-15-41(47)26-33-53(57)61(45-16-9-7-10-17-45)46-18-11-8-12-19-46)59-62-54-34-27-44-37-40(6-3)23-30-50(44)58(54)56-49-29-22-39(5-2)36-43(49)25-32-52(56)60-62/h4-37H,1-3H2/t62-/m1/s1. The largest absolute Gasteiger partial charge is 0.435 e. The molecule has 2 nitrogen and oxygen atoms in total. The van der Waals surface area contributed by atoms with Crippen molar-refractivity contribution >= 4 is 98.8 Å². The van der Waals surface area contributed by atoms with E-state index in [1.54, 1.807) is 0 Å². The second-order valence-corrected chi connectivity index (χ2v) is 19.1. The van der Waals surface area contributed by atoms with Crippen LogP contribution in [0, 0.1) is 0 Å². The van der Waals surface area contributed by atoms with E-state index in [0.717, 1.165) is 82.5 Å². The fraction of sp³-hybridized carbons (Fsp3) is 0. The summed E-state index contributed by atoms with van der Waals surface area (Å²) in [5.74, 6) is 1.58. The summed E-state index contributed by atoms with van der Waals surface area (Å²) in [7, 11) is -2.67. The summed E-state index contributed by atoms with van der Waals surface area (Å²) in [5.41, 5.74) is 7.66. The molecule has 0 aliphatic carbocycles. The van der Waals surface area contributed by atoms with Gasteiger partial charge in [-0.1, -0.05) is 190 Å². The van der Waals surface area contributed by atoms with Gasteiger partial charge in [0.05, 0.1) is 5.30 Å². The molecule has 4 heteroatoms. The molecule has 0 fully saturated rings. The minimum atomic E-state index is -1.67. The van der Waals surface area contributed by atoms with Gasteiger partial charge in [-0.25, -0.2) is 0 Å². The molecule has 10 aromatic rings. The SMILES string of the molecule is C=Cc1ccc2c(-c3c(P(c4ccccc4)c4ccccc4)ccc4ccccc34)c(O[P@]3Oc4ccc5cc(C=C)ccc5c4-c4c3ccc3cc(C=C)ccc43)ccc2c1. The Morgan fingerprint density at radius 1 is 0.419 bits per heavy atom. The maximum Gasteiger partial charge on any atom is 0.326 e. The zero-order chi connectivity index (χ0) is 41.7. The first-order valence-corrected chi connectivity index (χ1v) is 23.3. The van der Waals surface area contributed by atoms with Crippen LogP contribution in [0.15, 0.2) is 208 Å². The van der Waals surface area contributed by atoms with Crippen LogP contribution in [0.4, 0.5) is 0 Å². The molecule has 0 bridgehead atoms. The number of hydrogen-bond acceptors (Lipinski definition) is 2. The van der Waals surface area contributed by atoms with Crippen molar-refractivity contribution in [3.8, 4) is 33.8 Å². The smallest absolute Gasteiger partial charge is 0.326 e. The number of rotatable bonds is 9. The minimum Gasteiger partial charge on any atom is -0.435 e. The molecule has 1 aliphatic rings. The molecule has 0 unspecified atom stereocenters. The van der Waals surface area contributed by atoms with Gasteiger partial charge in [0, 0.05) is 22.3 Å². The second kappa shape index (κ2) is 15.7. The van der Waals surface area contributed by atoms with Crippen molar-refractivity contribution in [1.82, 2.24) is 0 Å². The Hall–Kier alpha value is -7.08. The van der Waals surface area contributed by atoms with Gasteiger partial charge in [-0.2, -0.15) is 0 Å². The van der Waals surface area contributed by atoms with E-state index in [1.165, 1.54) is 32.2 Å². The Bertz CT molecular complexity index is 3390. The lowest BCUT2D eigenvalue weighted by molar-refractivity contribution is 0.502. The zero-order valence-corrected chi connectivity index (χ0v) is 35.8. The highest BCUT2D eigenvalue weighted by Gasteiger charge is 2.34. The molecule has 0 N–H and O–H groups in total.